The van der Waals surface area contributed by atoms with Gasteiger partial charge in [-0.1, -0.05) is 18.7 Å². The van der Waals surface area contributed by atoms with Crippen LogP contribution in [0, 0.1) is 5.41 Å². The third kappa shape index (κ3) is 1.44. The fraction of sp³-hybridized carbons (Fsp3) is 1.00. The van der Waals surface area contributed by atoms with E-state index in [9.17, 15) is 21.7 Å². The Morgan fingerprint density at radius 3 is 1.77 bits per heavy atom. The maximum Gasteiger partial charge on any atom is 0.481 e. The van der Waals surface area contributed by atoms with E-state index in [0.29, 0.717) is 0 Å². The molecule has 0 nitrogen and oxygen atoms in total. The van der Waals surface area contributed by atoms with Crippen LogP contribution in [0.4, 0.5) is 21.7 Å². The molecule has 0 amide bonds. The predicted molar refractivity (Wildman–Crippen MR) is 38.7 cm³/mol. The van der Waals surface area contributed by atoms with Crippen molar-refractivity contribution >= 4 is 6.98 Å². The van der Waals surface area contributed by atoms with E-state index in [4.69, 9.17) is 0 Å². The fourth-order valence-electron chi connectivity index (χ4n) is 2.65. The average Bonchev–Trinajstić information content (AvgIpc) is 1.72. The van der Waals surface area contributed by atoms with E-state index in [-0.39, 0.29) is 25.7 Å². The zero-order valence-corrected chi connectivity index (χ0v) is 6.87. The zero-order chi connectivity index (χ0) is 9.91. The van der Waals surface area contributed by atoms with Crippen molar-refractivity contribution in [2.75, 3.05) is 0 Å². The van der Waals surface area contributed by atoms with Gasteiger partial charge in [-0.15, -0.1) is 0 Å². The van der Waals surface area contributed by atoms with Crippen molar-refractivity contribution < 1.29 is 21.7 Å². The van der Waals surface area contributed by atoms with Crippen molar-refractivity contribution in [3.05, 3.63) is 0 Å². The third-order valence-corrected chi connectivity index (χ3v) is 3.19. The number of rotatable bonds is 1. The third-order valence-electron chi connectivity index (χ3n) is 3.19. The first kappa shape index (κ1) is 9.28. The summed E-state index contributed by atoms with van der Waals surface area (Å²) in [4.78, 5) is 0. The molecule has 0 saturated heterocycles. The molecule has 2 saturated carbocycles. The molecule has 0 bridgehead atoms. The molecule has 0 heterocycles. The Balaban J connectivity index is 1.87. The summed E-state index contributed by atoms with van der Waals surface area (Å²) >= 11 is 0. The van der Waals surface area contributed by atoms with Crippen LogP contribution in [-0.4, -0.2) is 12.9 Å². The molecule has 0 atom stereocenters. The predicted octanol–water partition coefficient (Wildman–Crippen LogP) is 3.41. The molecule has 0 aromatic rings. The van der Waals surface area contributed by atoms with Crippen molar-refractivity contribution in [1.29, 1.82) is 0 Å². The van der Waals surface area contributed by atoms with E-state index in [0.717, 1.165) is 0 Å². The molecule has 2 aliphatic rings. The van der Waals surface area contributed by atoms with Crippen LogP contribution in [0.25, 0.3) is 0 Å². The largest absolute Gasteiger partial charge is 0.481 e. The molecule has 2 fully saturated rings. The van der Waals surface area contributed by atoms with Crippen LogP contribution >= 0.6 is 0 Å². The van der Waals surface area contributed by atoms with E-state index in [1.165, 1.54) is 0 Å². The molecular weight excluding hydrogens is 190 g/mol. The van der Waals surface area contributed by atoms with Gasteiger partial charge in [-0.3, -0.25) is 0 Å². The first-order valence-electron chi connectivity index (χ1n) is 4.30. The number of halogens is 5. The highest BCUT2D eigenvalue weighted by Gasteiger charge is 2.63. The summed E-state index contributed by atoms with van der Waals surface area (Å²) in [5, 5.41) is 0. The van der Waals surface area contributed by atoms with Gasteiger partial charge in [-0.25, -0.2) is 8.78 Å². The molecule has 76 valence electrons. The molecule has 0 N–H and O–H groups in total. The standard InChI is InChI=1S/C7H9BF5/c9-7(10)3-6(4-7)1-5(2-6)8(11,12)13/h5H,1-4H2/q-1. The van der Waals surface area contributed by atoms with E-state index in [2.05, 4.69) is 0 Å². The summed E-state index contributed by atoms with van der Waals surface area (Å²) in [6.07, 6.45) is -0.788. The molecule has 0 aliphatic heterocycles. The minimum Gasteiger partial charge on any atom is -0.449 e. The molecule has 2 aliphatic carbocycles. The maximum atomic E-state index is 12.4. The van der Waals surface area contributed by atoms with Gasteiger partial charge in [0.25, 0.3) is 0 Å². The maximum absolute atomic E-state index is 12.4. The van der Waals surface area contributed by atoms with E-state index < -0.39 is 24.1 Å². The lowest BCUT2D eigenvalue weighted by molar-refractivity contribution is -0.192. The van der Waals surface area contributed by atoms with Crippen molar-refractivity contribution in [3.63, 3.8) is 0 Å². The quantitative estimate of drug-likeness (QED) is 0.448. The first-order chi connectivity index (χ1) is 5.73. The molecule has 6 heteroatoms. The van der Waals surface area contributed by atoms with E-state index >= 15 is 0 Å². The minimum absolute atomic E-state index is 0.0634. The Morgan fingerprint density at radius 2 is 1.46 bits per heavy atom. The van der Waals surface area contributed by atoms with Crippen LogP contribution in [0.1, 0.15) is 25.7 Å². The Bertz CT molecular complexity index is 218. The summed E-state index contributed by atoms with van der Waals surface area (Å²) in [6, 6.07) is 0. The molecule has 2 rings (SSSR count). The van der Waals surface area contributed by atoms with Gasteiger partial charge < -0.3 is 12.9 Å². The molecule has 0 radical (unpaired) electrons. The Morgan fingerprint density at radius 1 is 1.00 bits per heavy atom. The molecule has 0 aromatic carbocycles. The van der Waals surface area contributed by atoms with Crippen molar-refractivity contribution in [1.82, 2.24) is 0 Å². The second-order valence-electron chi connectivity index (χ2n) is 4.50. The van der Waals surface area contributed by atoms with Crippen LogP contribution < -0.4 is 0 Å². The summed E-state index contributed by atoms with van der Waals surface area (Å²) in [6.45, 7) is -4.79. The lowest BCUT2D eigenvalue weighted by Gasteiger charge is -2.60. The van der Waals surface area contributed by atoms with Crippen LogP contribution in [0.2, 0.25) is 5.82 Å². The number of hydrogen-bond acceptors (Lipinski definition) is 0. The zero-order valence-electron chi connectivity index (χ0n) is 6.87. The Hall–Kier alpha value is -0.285. The average molecular weight is 199 g/mol. The summed E-state index contributed by atoms with van der Waals surface area (Å²) in [7, 11) is 0. The van der Waals surface area contributed by atoms with Gasteiger partial charge in [-0.05, 0) is 5.41 Å². The Kier molecular flexibility index (Phi) is 1.57. The first-order valence-corrected chi connectivity index (χ1v) is 4.30. The lowest BCUT2D eigenvalue weighted by Crippen LogP contribution is -2.55. The van der Waals surface area contributed by atoms with Gasteiger partial charge in [0.1, 0.15) is 0 Å². The summed E-state index contributed by atoms with van der Waals surface area (Å²) in [5.74, 6) is -3.96. The van der Waals surface area contributed by atoms with E-state index in [1.54, 1.807) is 0 Å². The molecule has 1 spiro atoms. The van der Waals surface area contributed by atoms with Gasteiger partial charge in [0, 0.05) is 12.8 Å². The van der Waals surface area contributed by atoms with Crippen LogP contribution in [-0.2, 0) is 0 Å². The molecule has 0 aromatic heterocycles. The van der Waals surface area contributed by atoms with E-state index in [1.807, 2.05) is 0 Å². The van der Waals surface area contributed by atoms with Crippen LogP contribution in [0.5, 0.6) is 0 Å². The highest BCUT2D eigenvalue weighted by Crippen LogP contribution is 2.68. The number of hydrogen-bond donors (Lipinski definition) is 0. The van der Waals surface area contributed by atoms with Crippen LogP contribution in [0.3, 0.4) is 0 Å². The van der Waals surface area contributed by atoms with Gasteiger partial charge in [0.15, 0.2) is 0 Å². The second-order valence-corrected chi connectivity index (χ2v) is 4.50. The summed E-state index contributed by atoms with van der Waals surface area (Å²) < 4.78 is 61.0. The molecule has 13 heavy (non-hydrogen) atoms. The second kappa shape index (κ2) is 2.20. The van der Waals surface area contributed by atoms with Crippen molar-refractivity contribution in [2.45, 2.75) is 37.4 Å². The highest BCUT2D eigenvalue weighted by molar-refractivity contribution is 6.60. The van der Waals surface area contributed by atoms with Gasteiger partial charge in [-0.2, -0.15) is 0 Å². The van der Waals surface area contributed by atoms with Gasteiger partial charge >= 0.3 is 6.98 Å². The summed E-state index contributed by atoms with van der Waals surface area (Å²) in [5.41, 5.74) is -0.647. The normalized spacial score (nSPS) is 31.2. The number of alkyl halides is 2. The fourth-order valence-corrected chi connectivity index (χ4v) is 2.65. The van der Waals surface area contributed by atoms with Gasteiger partial charge in [0.05, 0.1) is 0 Å². The topological polar surface area (TPSA) is 0 Å². The SMILES string of the molecule is F[B-](F)(F)C1CC2(C1)CC(F)(F)C2. The van der Waals surface area contributed by atoms with Crippen LogP contribution in [0.15, 0.2) is 0 Å². The smallest absolute Gasteiger partial charge is 0.449 e. The molecular formula is C7H9BF5-. The highest BCUT2D eigenvalue weighted by atomic mass is 19.4. The van der Waals surface area contributed by atoms with Crippen molar-refractivity contribution in [2.24, 2.45) is 5.41 Å². The Labute approximate surface area is 72.6 Å². The minimum atomic E-state index is -4.79. The molecule has 0 unspecified atom stereocenters. The lowest BCUT2D eigenvalue weighted by atomic mass is 9.42. The van der Waals surface area contributed by atoms with Crippen molar-refractivity contribution in [3.8, 4) is 0 Å². The van der Waals surface area contributed by atoms with Gasteiger partial charge in [0.2, 0.25) is 5.92 Å². The monoisotopic (exact) mass is 199 g/mol.